The maximum Gasteiger partial charge on any atom is 0.345 e. The third kappa shape index (κ3) is 4.07. The van der Waals surface area contributed by atoms with Gasteiger partial charge in [0.15, 0.2) is 0 Å². The second-order valence-corrected chi connectivity index (χ2v) is 6.84. The molecular weight excluding hydrogens is 311 g/mol. The van der Waals surface area contributed by atoms with Gasteiger partial charge in [0.25, 0.3) is 0 Å². The number of nitrogens with zero attached hydrogens (tertiary/aromatic N) is 1. The number of hydrogen-bond acceptors (Lipinski definition) is 4. The minimum absolute atomic E-state index is 0.123. The highest BCUT2D eigenvalue weighted by atomic mass is 19.1. The van der Waals surface area contributed by atoms with E-state index in [1.807, 2.05) is 13.8 Å². The largest absolute Gasteiger partial charge is 0.456 e. The minimum atomic E-state index is -0.693. The Labute approximate surface area is 139 Å². The maximum atomic E-state index is 13.2. The Balaban J connectivity index is 2.71. The molecule has 0 fully saturated rings. The maximum absolute atomic E-state index is 13.2. The second-order valence-electron chi connectivity index (χ2n) is 6.84. The van der Waals surface area contributed by atoms with E-state index in [1.165, 1.54) is 24.3 Å². The van der Waals surface area contributed by atoms with Crippen LogP contribution >= 0.6 is 0 Å². The van der Waals surface area contributed by atoms with E-state index in [-0.39, 0.29) is 17.2 Å². The zero-order valence-electron chi connectivity index (χ0n) is 14.4. The van der Waals surface area contributed by atoms with Gasteiger partial charge in [0.1, 0.15) is 17.0 Å². The molecule has 0 saturated carbocycles. The fraction of sp³-hybridized carbons (Fsp3) is 0.389. The number of rotatable bonds is 3. The molecule has 2 aromatic rings. The van der Waals surface area contributed by atoms with Crippen LogP contribution in [-0.4, -0.2) is 21.5 Å². The normalized spacial score (nSPS) is 11.6. The van der Waals surface area contributed by atoms with E-state index in [0.717, 1.165) is 0 Å². The summed E-state index contributed by atoms with van der Waals surface area (Å²) in [6.07, 6.45) is 0. The zero-order chi connectivity index (χ0) is 18.1. The monoisotopic (exact) mass is 332 g/mol. The molecule has 2 rings (SSSR count). The lowest BCUT2D eigenvalue weighted by molar-refractivity contribution is 0.00678. The van der Waals surface area contributed by atoms with Gasteiger partial charge in [0.05, 0.1) is 5.69 Å². The number of aromatic nitrogens is 2. The van der Waals surface area contributed by atoms with Crippen LogP contribution in [0.5, 0.6) is 0 Å². The summed E-state index contributed by atoms with van der Waals surface area (Å²) in [5, 5.41) is 0. The van der Waals surface area contributed by atoms with Gasteiger partial charge < -0.3 is 9.72 Å². The van der Waals surface area contributed by atoms with E-state index < -0.39 is 23.1 Å². The van der Waals surface area contributed by atoms with Crippen LogP contribution < -0.4 is 5.69 Å². The molecule has 0 saturated heterocycles. The number of carbonyl (C=O) groups excluding carboxylic acids is 1. The van der Waals surface area contributed by atoms with Crippen molar-refractivity contribution in [3.63, 3.8) is 0 Å². The van der Waals surface area contributed by atoms with E-state index >= 15 is 0 Å². The molecule has 1 aromatic heterocycles. The molecule has 0 spiro atoms. The van der Waals surface area contributed by atoms with Crippen molar-refractivity contribution in [3.8, 4) is 11.3 Å². The number of halogens is 1. The average molecular weight is 332 g/mol. The van der Waals surface area contributed by atoms with Gasteiger partial charge in [-0.15, -0.1) is 0 Å². The van der Waals surface area contributed by atoms with Crippen molar-refractivity contribution in [1.29, 1.82) is 0 Å². The molecule has 0 aliphatic carbocycles. The number of esters is 1. The number of ether oxygens (including phenoxy) is 1. The summed E-state index contributed by atoms with van der Waals surface area (Å²) in [7, 11) is 0. The Bertz CT molecular complexity index is 802. The van der Waals surface area contributed by atoms with Crippen molar-refractivity contribution in [2.24, 2.45) is 0 Å². The van der Waals surface area contributed by atoms with Crippen molar-refractivity contribution in [1.82, 2.24) is 9.97 Å². The lowest BCUT2D eigenvalue weighted by Gasteiger charge is -2.22. The van der Waals surface area contributed by atoms with Crippen molar-refractivity contribution in [2.45, 2.75) is 46.1 Å². The van der Waals surface area contributed by atoms with Crippen LogP contribution in [0.4, 0.5) is 4.39 Å². The quantitative estimate of drug-likeness (QED) is 0.871. The first kappa shape index (κ1) is 17.8. The first-order valence-corrected chi connectivity index (χ1v) is 7.72. The number of hydrogen-bond donors (Lipinski definition) is 1. The van der Waals surface area contributed by atoms with Gasteiger partial charge in [0.2, 0.25) is 0 Å². The molecule has 1 aromatic carbocycles. The van der Waals surface area contributed by atoms with Crippen LogP contribution in [0.2, 0.25) is 0 Å². The number of benzene rings is 1. The van der Waals surface area contributed by atoms with Crippen LogP contribution in [0.1, 0.15) is 56.6 Å². The first-order chi connectivity index (χ1) is 11.1. The predicted octanol–water partition coefficient (Wildman–Crippen LogP) is 3.65. The molecule has 6 heteroatoms. The Hall–Kier alpha value is -2.50. The smallest absolute Gasteiger partial charge is 0.345 e. The molecule has 0 atom stereocenters. The summed E-state index contributed by atoms with van der Waals surface area (Å²) in [5.41, 5.74) is 0.0589. The van der Waals surface area contributed by atoms with Crippen LogP contribution in [0.3, 0.4) is 0 Å². The molecule has 0 aliphatic rings. The summed E-state index contributed by atoms with van der Waals surface area (Å²) in [5.74, 6) is -1.11. The lowest BCUT2D eigenvalue weighted by atomic mass is 9.98. The standard InChI is InChI=1S/C18H21FN2O3/c1-10(2)14-13(16(22)24-18(3,4)5)15(21-17(23)20-14)11-6-8-12(19)9-7-11/h6-10H,1-5H3,(H,20,21,23). The van der Waals surface area contributed by atoms with Gasteiger partial charge in [0, 0.05) is 11.3 Å². The molecule has 5 nitrogen and oxygen atoms in total. The van der Waals surface area contributed by atoms with Gasteiger partial charge in [-0.25, -0.2) is 14.0 Å². The van der Waals surface area contributed by atoms with Gasteiger partial charge in [-0.3, -0.25) is 0 Å². The highest BCUT2D eigenvalue weighted by molar-refractivity contribution is 5.97. The third-order valence-corrected chi connectivity index (χ3v) is 3.26. The highest BCUT2D eigenvalue weighted by Gasteiger charge is 2.27. The fourth-order valence-corrected chi connectivity index (χ4v) is 2.28. The molecule has 0 aliphatic heterocycles. The first-order valence-electron chi connectivity index (χ1n) is 7.72. The zero-order valence-corrected chi connectivity index (χ0v) is 14.4. The Morgan fingerprint density at radius 1 is 1.21 bits per heavy atom. The van der Waals surface area contributed by atoms with E-state index in [4.69, 9.17) is 4.74 Å². The summed E-state index contributed by atoms with van der Waals surface area (Å²) < 4.78 is 18.7. The van der Waals surface area contributed by atoms with E-state index in [0.29, 0.717) is 11.3 Å². The van der Waals surface area contributed by atoms with Crippen LogP contribution in [0.25, 0.3) is 11.3 Å². The molecule has 0 unspecified atom stereocenters. The number of H-pyrrole nitrogens is 1. The van der Waals surface area contributed by atoms with Crippen molar-refractivity contribution in [3.05, 3.63) is 51.8 Å². The van der Waals surface area contributed by atoms with Crippen LogP contribution in [0.15, 0.2) is 29.1 Å². The molecule has 24 heavy (non-hydrogen) atoms. The number of nitrogens with one attached hydrogen (secondary N) is 1. The molecule has 128 valence electrons. The van der Waals surface area contributed by atoms with E-state index in [2.05, 4.69) is 9.97 Å². The Morgan fingerprint density at radius 2 is 1.79 bits per heavy atom. The Morgan fingerprint density at radius 3 is 2.29 bits per heavy atom. The van der Waals surface area contributed by atoms with Gasteiger partial charge in [-0.1, -0.05) is 13.8 Å². The summed E-state index contributed by atoms with van der Waals surface area (Å²) in [4.78, 5) is 31.2. The summed E-state index contributed by atoms with van der Waals surface area (Å²) >= 11 is 0. The van der Waals surface area contributed by atoms with E-state index in [1.54, 1.807) is 20.8 Å². The molecule has 1 N–H and O–H groups in total. The second kappa shape index (κ2) is 6.55. The van der Waals surface area contributed by atoms with Crippen molar-refractivity contribution in [2.75, 3.05) is 0 Å². The lowest BCUT2D eigenvalue weighted by Crippen LogP contribution is -2.28. The summed E-state index contributed by atoms with van der Waals surface area (Å²) in [6, 6.07) is 5.47. The number of carbonyl (C=O) groups is 1. The number of aromatic amines is 1. The molecule has 0 bridgehead atoms. The van der Waals surface area contributed by atoms with Gasteiger partial charge >= 0.3 is 11.7 Å². The topological polar surface area (TPSA) is 72.0 Å². The van der Waals surface area contributed by atoms with Gasteiger partial charge in [-0.05, 0) is 51.0 Å². The molecule has 0 amide bonds. The van der Waals surface area contributed by atoms with Crippen molar-refractivity contribution < 1.29 is 13.9 Å². The Kier molecular flexibility index (Phi) is 4.87. The summed E-state index contributed by atoms with van der Waals surface area (Å²) in [6.45, 7) is 8.99. The fourth-order valence-electron chi connectivity index (χ4n) is 2.28. The van der Waals surface area contributed by atoms with Crippen LogP contribution in [0, 0.1) is 5.82 Å². The molecular formula is C18H21FN2O3. The van der Waals surface area contributed by atoms with Crippen molar-refractivity contribution >= 4 is 5.97 Å². The predicted molar refractivity (Wildman–Crippen MR) is 89.5 cm³/mol. The highest BCUT2D eigenvalue weighted by Crippen LogP contribution is 2.28. The third-order valence-electron chi connectivity index (χ3n) is 3.26. The van der Waals surface area contributed by atoms with E-state index in [9.17, 15) is 14.0 Å². The van der Waals surface area contributed by atoms with Crippen LogP contribution in [-0.2, 0) is 4.74 Å². The molecule has 0 radical (unpaired) electrons. The van der Waals surface area contributed by atoms with Gasteiger partial charge in [-0.2, -0.15) is 4.98 Å². The minimum Gasteiger partial charge on any atom is -0.456 e. The SMILES string of the molecule is CC(C)c1[nH]c(=O)nc(-c2ccc(F)cc2)c1C(=O)OC(C)(C)C. The average Bonchev–Trinajstić information content (AvgIpc) is 2.45. The molecule has 1 heterocycles.